The van der Waals surface area contributed by atoms with Crippen molar-refractivity contribution in [3.05, 3.63) is 0 Å². The second kappa shape index (κ2) is 27.0. The van der Waals surface area contributed by atoms with Gasteiger partial charge in [0.1, 0.15) is 0 Å². The van der Waals surface area contributed by atoms with Crippen LogP contribution in [0.25, 0.3) is 0 Å². The van der Waals surface area contributed by atoms with Gasteiger partial charge in [0.25, 0.3) is 0 Å². The van der Waals surface area contributed by atoms with E-state index in [4.69, 9.17) is 20.4 Å². The van der Waals surface area contributed by atoms with Gasteiger partial charge < -0.3 is 20.4 Å². The van der Waals surface area contributed by atoms with Gasteiger partial charge in [-0.05, 0) is 25.9 Å². The first-order valence-corrected chi connectivity index (χ1v) is 13.7. The largest absolute Gasteiger partial charge is 0.395 e. The summed E-state index contributed by atoms with van der Waals surface area (Å²) >= 11 is 0. The fourth-order valence-electron chi connectivity index (χ4n) is 4.38. The highest BCUT2D eigenvalue weighted by Gasteiger charge is 2.03. The predicted octanol–water partition coefficient (Wildman–Crippen LogP) is 3.80. The zero-order valence-corrected chi connectivity index (χ0v) is 21.1. The molecule has 6 nitrogen and oxygen atoms in total. The Bertz CT molecular complexity index is 304. The average molecular weight is 461 g/mol. The Morgan fingerprint density at radius 1 is 0.250 bits per heavy atom. The summed E-state index contributed by atoms with van der Waals surface area (Å²) < 4.78 is 0. The maximum Gasteiger partial charge on any atom is 0.0558 e. The zero-order chi connectivity index (χ0) is 23.5. The van der Waals surface area contributed by atoms with Crippen LogP contribution in [-0.2, 0) is 0 Å². The number of hydrogen-bond donors (Lipinski definition) is 4. The van der Waals surface area contributed by atoms with Gasteiger partial charge in [0.15, 0.2) is 0 Å². The van der Waals surface area contributed by atoms with Gasteiger partial charge in [0.05, 0.1) is 26.4 Å². The molecular weight excluding hydrogens is 404 g/mol. The van der Waals surface area contributed by atoms with Crippen molar-refractivity contribution in [3.8, 4) is 0 Å². The van der Waals surface area contributed by atoms with Crippen LogP contribution >= 0.6 is 0 Å². The van der Waals surface area contributed by atoms with Crippen LogP contribution in [-0.4, -0.2) is 95.9 Å². The number of hydrogen-bond acceptors (Lipinski definition) is 6. The molecular formula is C26H56N2O4. The molecule has 0 fully saturated rings. The van der Waals surface area contributed by atoms with E-state index in [-0.39, 0.29) is 26.4 Å². The maximum atomic E-state index is 9.01. The Kier molecular flexibility index (Phi) is 26.8. The van der Waals surface area contributed by atoms with Gasteiger partial charge in [-0.2, -0.15) is 0 Å². The molecule has 32 heavy (non-hydrogen) atoms. The van der Waals surface area contributed by atoms with Crippen LogP contribution < -0.4 is 0 Å². The third-order valence-corrected chi connectivity index (χ3v) is 6.36. The van der Waals surface area contributed by atoms with E-state index < -0.39 is 0 Å². The lowest BCUT2D eigenvalue weighted by Gasteiger charge is -2.19. The van der Waals surface area contributed by atoms with Crippen molar-refractivity contribution in [1.29, 1.82) is 0 Å². The minimum absolute atomic E-state index is 0.179. The van der Waals surface area contributed by atoms with Crippen molar-refractivity contribution >= 4 is 0 Å². The van der Waals surface area contributed by atoms with E-state index in [1.807, 2.05) is 0 Å². The first kappa shape index (κ1) is 31.8. The lowest BCUT2D eigenvalue weighted by molar-refractivity contribution is 0.158. The van der Waals surface area contributed by atoms with Crippen molar-refractivity contribution in [1.82, 2.24) is 9.80 Å². The van der Waals surface area contributed by atoms with Gasteiger partial charge in [0, 0.05) is 26.2 Å². The molecule has 0 saturated heterocycles. The molecule has 6 heteroatoms. The molecule has 0 atom stereocenters. The van der Waals surface area contributed by atoms with Gasteiger partial charge in [-0.25, -0.2) is 0 Å². The van der Waals surface area contributed by atoms with E-state index in [2.05, 4.69) is 9.80 Å². The van der Waals surface area contributed by atoms with Crippen molar-refractivity contribution in [2.75, 3.05) is 65.7 Å². The summed E-state index contributed by atoms with van der Waals surface area (Å²) in [6, 6.07) is 0. The Balaban J connectivity index is 3.23. The van der Waals surface area contributed by atoms with Crippen LogP contribution in [0.15, 0.2) is 0 Å². The summed E-state index contributed by atoms with van der Waals surface area (Å²) in [7, 11) is 0. The minimum Gasteiger partial charge on any atom is -0.395 e. The molecule has 0 heterocycles. The van der Waals surface area contributed by atoms with Crippen LogP contribution in [0.1, 0.15) is 103 Å². The van der Waals surface area contributed by atoms with Gasteiger partial charge in [-0.15, -0.1) is 0 Å². The molecule has 0 aliphatic carbocycles. The molecule has 0 bridgehead atoms. The highest BCUT2D eigenvalue weighted by Crippen LogP contribution is 2.14. The van der Waals surface area contributed by atoms with E-state index in [0.29, 0.717) is 26.2 Å². The van der Waals surface area contributed by atoms with Crippen molar-refractivity contribution in [2.24, 2.45) is 0 Å². The second-order valence-electron chi connectivity index (χ2n) is 9.23. The smallest absolute Gasteiger partial charge is 0.0558 e. The number of nitrogens with zero attached hydrogens (tertiary/aromatic N) is 2. The third kappa shape index (κ3) is 22.9. The van der Waals surface area contributed by atoms with Gasteiger partial charge in [0.2, 0.25) is 0 Å². The first-order chi connectivity index (χ1) is 15.8. The fraction of sp³-hybridized carbons (Fsp3) is 1.00. The van der Waals surface area contributed by atoms with Crippen LogP contribution in [0.2, 0.25) is 0 Å². The number of unbranched alkanes of at least 4 members (excludes halogenated alkanes) is 15. The van der Waals surface area contributed by atoms with E-state index in [1.54, 1.807) is 0 Å². The molecule has 0 aromatic rings. The average Bonchev–Trinajstić information content (AvgIpc) is 2.78. The Morgan fingerprint density at radius 2 is 0.438 bits per heavy atom. The Labute approximate surface area is 199 Å². The lowest BCUT2D eigenvalue weighted by Crippen LogP contribution is -2.30. The molecule has 194 valence electrons. The summed E-state index contributed by atoms with van der Waals surface area (Å²) in [4.78, 5) is 4.29. The molecule has 0 radical (unpaired) electrons. The third-order valence-electron chi connectivity index (χ3n) is 6.36. The van der Waals surface area contributed by atoms with Gasteiger partial charge in [-0.1, -0.05) is 89.9 Å². The Morgan fingerprint density at radius 3 is 0.625 bits per heavy atom. The molecule has 0 aromatic heterocycles. The van der Waals surface area contributed by atoms with E-state index in [9.17, 15) is 0 Å². The van der Waals surface area contributed by atoms with Crippen molar-refractivity contribution in [3.63, 3.8) is 0 Å². The monoisotopic (exact) mass is 460 g/mol. The summed E-state index contributed by atoms with van der Waals surface area (Å²) in [6.07, 6.45) is 21.2. The van der Waals surface area contributed by atoms with Crippen LogP contribution in [0.3, 0.4) is 0 Å². The number of rotatable bonds is 27. The molecule has 0 aliphatic rings. The van der Waals surface area contributed by atoms with Gasteiger partial charge in [-0.3, -0.25) is 9.80 Å². The van der Waals surface area contributed by atoms with Crippen LogP contribution in [0, 0.1) is 0 Å². The summed E-state index contributed by atoms with van der Waals surface area (Å²) in [5.41, 5.74) is 0. The summed E-state index contributed by atoms with van der Waals surface area (Å²) in [6.45, 7) is 5.42. The highest BCUT2D eigenvalue weighted by atomic mass is 16.3. The van der Waals surface area contributed by atoms with E-state index >= 15 is 0 Å². The number of aliphatic hydroxyl groups excluding tert-OH is 4. The first-order valence-electron chi connectivity index (χ1n) is 13.7. The maximum absolute atomic E-state index is 9.01. The zero-order valence-electron chi connectivity index (χ0n) is 21.1. The Hall–Kier alpha value is -0.240. The lowest BCUT2D eigenvalue weighted by atomic mass is 10.0. The van der Waals surface area contributed by atoms with Crippen LogP contribution in [0.5, 0.6) is 0 Å². The number of aliphatic hydroxyl groups is 4. The molecule has 0 saturated carbocycles. The normalized spacial score (nSPS) is 11.8. The van der Waals surface area contributed by atoms with E-state index in [0.717, 1.165) is 13.1 Å². The molecule has 0 rings (SSSR count). The van der Waals surface area contributed by atoms with Crippen molar-refractivity contribution in [2.45, 2.75) is 103 Å². The summed E-state index contributed by atoms with van der Waals surface area (Å²) in [5, 5.41) is 36.1. The molecule has 0 aliphatic heterocycles. The van der Waals surface area contributed by atoms with Crippen molar-refractivity contribution < 1.29 is 20.4 Å². The molecule has 4 N–H and O–H groups in total. The molecule has 0 unspecified atom stereocenters. The minimum atomic E-state index is 0.179. The molecule has 0 spiro atoms. The SMILES string of the molecule is OCCN(CCO)CCCCCCCCCCCCCCCCCCN(CCO)CCO. The molecule has 0 aromatic carbocycles. The van der Waals surface area contributed by atoms with Crippen LogP contribution in [0.4, 0.5) is 0 Å². The quantitative estimate of drug-likeness (QED) is 0.140. The summed E-state index contributed by atoms with van der Waals surface area (Å²) in [5.74, 6) is 0. The standard InChI is InChI=1S/C26H56N2O4/c29-23-19-27(20-24-30)17-15-13-11-9-7-5-3-1-2-4-6-8-10-12-14-16-18-28(21-25-31)22-26-32/h29-32H,1-26H2. The predicted molar refractivity (Wildman–Crippen MR) is 135 cm³/mol. The fourth-order valence-corrected chi connectivity index (χ4v) is 4.38. The van der Waals surface area contributed by atoms with Gasteiger partial charge >= 0.3 is 0 Å². The highest BCUT2D eigenvalue weighted by molar-refractivity contribution is 4.58. The molecule has 0 amide bonds. The van der Waals surface area contributed by atoms with E-state index in [1.165, 1.54) is 103 Å². The topological polar surface area (TPSA) is 87.4 Å². The second-order valence-corrected chi connectivity index (χ2v) is 9.23.